The molecule has 0 spiro atoms. The van der Waals surface area contributed by atoms with Crippen molar-refractivity contribution in [1.29, 1.82) is 0 Å². The maximum Gasteiger partial charge on any atom is 0.191 e. The van der Waals surface area contributed by atoms with E-state index in [1.807, 2.05) is 19.1 Å². The maximum atomic E-state index is 6.05. The zero-order valence-electron chi connectivity index (χ0n) is 11.5. The third-order valence-electron chi connectivity index (χ3n) is 3.34. The molecule has 0 amide bonds. The van der Waals surface area contributed by atoms with Crippen LogP contribution in [0.25, 0.3) is 10.8 Å². The molecule has 0 bridgehead atoms. The van der Waals surface area contributed by atoms with Crippen LogP contribution in [0.3, 0.4) is 0 Å². The van der Waals surface area contributed by atoms with E-state index in [9.17, 15) is 0 Å². The Labute approximate surface area is 132 Å². The van der Waals surface area contributed by atoms with Gasteiger partial charge in [-0.25, -0.2) is 9.97 Å². The van der Waals surface area contributed by atoms with Gasteiger partial charge in [0.1, 0.15) is 11.0 Å². The second-order valence-corrected chi connectivity index (χ2v) is 6.03. The van der Waals surface area contributed by atoms with Crippen LogP contribution in [-0.2, 0) is 5.75 Å². The second-order valence-electron chi connectivity index (χ2n) is 4.73. The predicted molar refractivity (Wildman–Crippen MR) is 89.7 cm³/mol. The number of nitrogens with zero attached hydrogens (tertiary/aromatic N) is 2. The van der Waals surface area contributed by atoms with Crippen LogP contribution in [-0.4, -0.2) is 9.97 Å². The highest BCUT2D eigenvalue weighted by atomic mass is 35.5. The number of fused-ring (bicyclic) bond motifs is 1. The molecule has 0 radical (unpaired) electrons. The van der Waals surface area contributed by atoms with Crippen LogP contribution in [0.4, 0.5) is 5.82 Å². The summed E-state index contributed by atoms with van der Waals surface area (Å²) in [7, 11) is 0. The standard InChI is InChI=1S/C16H14ClN3S/c1-10-14(17)19-16(20-15(10)18)21-9-12-7-4-6-11-5-2-3-8-13(11)12/h2-8H,9H2,1H3,(H2,18,19,20). The summed E-state index contributed by atoms with van der Waals surface area (Å²) in [6.45, 7) is 1.82. The molecule has 5 heteroatoms. The molecule has 2 aromatic carbocycles. The summed E-state index contributed by atoms with van der Waals surface area (Å²) < 4.78 is 0. The molecule has 0 aliphatic heterocycles. The second kappa shape index (κ2) is 5.92. The van der Waals surface area contributed by atoms with E-state index in [2.05, 4.69) is 40.3 Å². The summed E-state index contributed by atoms with van der Waals surface area (Å²) >= 11 is 7.59. The fraction of sp³-hybridized carbons (Fsp3) is 0.125. The lowest BCUT2D eigenvalue weighted by Gasteiger charge is -2.07. The van der Waals surface area contributed by atoms with Crippen molar-refractivity contribution in [3.8, 4) is 0 Å². The third-order valence-corrected chi connectivity index (χ3v) is 4.60. The van der Waals surface area contributed by atoms with Crippen molar-refractivity contribution in [3.05, 3.63) is 58.7 Å². The van der Waals surface area contributed by atoms with Gasteiger partial charge in [0.2, 0.25) is 0 Å². The molecule has 0 aliphatic rings. The molecule has 0 atom stereocenters. The fourth-order valence-corrected chi connectivity index (χ4v) is 3.19. The van der Waals surface area contributed by atoms with Gasteiger partial charge >= 0.3 is 0 Å². The molecule has 106 valence electrons. The van der Waals surface area contributed by atoms with Gasteiger partial charge in [0, 0.05) is 11.3 Å². The van der Waals surface area contributed by atoms with E-state index in [1.165, 1.54) is 28.1 Å². The van der Waals surface area contributed by atoms with Crippen molar-refractivity contribution < 1.29 is 0 Å². The number of thioether (sulfide) groups is 1. The number of aromatic nitrogens is 2. The summed E-state index contributed by atoms with van der Waals surface area (Å²) in [6, 6.07) is 14.6. The first-order valence-corrected chi connectivity index (χ1v) is 7.90. The van der Waals surface area contributed by atoms with E-state index in [1.54, 1.807) is 0 Å². The molecular formula is C16H14ClN3S. The maximum absolute atomic E-state index is 6.05. The van der Waals surface area contributed by atoms with E-state index in [0.29, 0.717) is 16.1 Å². The fourth-order valence-electron chi connectivity index (χ4n) is 2.11. The van der Waals surface area contributed by atoms with Crippen molar-refractivity contribution in [1.82, 2.24) is 9.97 Å². The molecule has 1 heterocycles. The molecule has 3 rings (SSSR count). The van der Waals surface area contributed by atoms with Crippen molar-refractivity contribution in [2.75, 3.05) is 5.73 Å². The smallest absolute Gasteiger partial charge is 0.191 e. The highest BCUT2D eigenvalue weighted by Gasteiger charge is 2.08. The largest absolute Gasteiger partial charge is 0.383 e. The third kappa shape index (κ3) is 2.96. The number of halogens is 1. The average molecular weight is 316 g/mol. The Morgan fingerprint density at radius 2 is 1.86 bits per heavy atom. The molecule has 2 N–H and O–H groups in total. The minimum Gasteiger partial charge on any atom is -0.383 e. The van der Waals surface area contributed by atoms with Gasteiger partial charge in [0.25, 0.3) is 0 Å². The monoisotopic (exact) mass is 315 g/mol. The first kappa shape index (κ1) is 14.2. The van der Waals surface area contributed by atoms with Crippen molar-refractivity contribution >= 4 is 40.0 Å². The van der Waals surface area contributed by atoms with Crippen molar-refractivity contribution in [2.45, 2.75) is 17.8 Å². The Morgan fingerprint density at radius 3 is 2.67 bits per heavy atom. The summed E-state index contributed by atoms with van der Waals surface area (Å²) in [6.07, 6.45) is 0. The van der Waals surface area contributed by atoms with Crippen LogP contribution in [0.15, 0.2) is 47.6 Å². The van der Waals surface area contributed by atoms with E-state index in [-0.39, 0.29) is 0 Å². The Morgan fingerprint density at radius 1 is 1.10 bits per heavy atom. The summed E-state index contributed by atoms with van der Waals surface area (Å²) in [4.78, 5) is 8.54. The Hall–Kier alpha value is -1.78. The number of hydrogen-bond donors (Lipinski definition) is 1. The first-order chi connectivity index (χ1) is 10.1. The molecule has 0 aliphatic carbocycles. The lowest BCUT2D eigenvalue weighted by Crippen LogP contribution is -1.99. The van der Waals surface area contributed by atoms with Crippen LogP contribution in [0.5, 0.6) is 0 Å². The van der Waals surface area contributed by atoms with Crippen LogP contribution in [0, 0.1) is 6.92 Å². The lowest BCUT2D eigenvalue weighted by atomic mass is 10.1. The Bertz CT molecular complexity index is 776. The molecular weight excluding hydrogens is 302 g/mol. The number of anilines is 1. The van der Waals surface area contributed by atoms with E-state index in [0.717, 1.165) is 11.3 Å². The zero-order valence-corrected chi connectivity index (χ0v) is 13.1. The number of rotatable bonds is 3. The van der Waals surface area contributed by atoms with E-state index in [4.69, 9.17) is 17.3 Å². The number of benzene rings is 2. The van der Waals surface area contributed by atoms with E-state index >= 15 is 0 Å². The highest BCUT2D eigenvalue weighted by molar-refractivity contribution is 7.98. The number of hydrogen-bond acceptors (Lipinski definition) is 4. The summed E-state index contributed by atoms with van der Waals surface area (Å²) in [5.74, 6) is 1.22. The molecule has 3 aromatic rings. The SMILES string of the molecule is Cc1c(N)nc(SCc2cccc3ccccc23)nc1Cl. The van der Waals surface area contributed by atoms with Crippen LogP contribution in [0.1, 0.15) is 11.1 Å². The number of nitrogens with two attached hydrogens (primary N) is 1. The van der Waals surface area contributed by atoms with E-state index < -0.39 is 0 Å². The van der Waals surface area contributed by atoms with Gasteiger partial charge in [0.05, 0.1) is 0 Å². The minimum absolute atomic E-state index is 0.419. The van der Waals surface area contributed by atoms with Gasteiger partial charge in [-0.3, -0.25) is 0 Å². The van der Waals surface area contributed by atoms with Gasteiger partial charge in [-0.15, -0.1) is 0 Å². The van der Waals surface area contributed by atoms with Gasteiger partial charge in [-0.05, 0) is 23.3 Å². The Kier molecular flexibility index (Phi) is 3.99. The average Bonchev–Trinajstić information content (AvgIpc) is 2.50. The molecule has 21 heavy (non-hydrogen) atoms. The molecule has 3 nitrogen and oxygen atoms in total. The summed E-state index contributed by atoms with van der Waals surface area (Å²) in [5, 5.41) is 3.51. The quantitative estimate of drug-likeness (QED) is 0.440. The Balaban J connectivity index is 1.87. The molecule has 0 unspecified atom stereocenters. The first-order valence-electron chi connectivity index (χ1n) is 6.54. The lowest BCUT2D eigenvalue weighted by molar-refractivity contribution is 0.960. The van der Waals surface area contributed by atoms with Gasteiger partial charge < -0.3 is 5.73 Å². The number of nitrogen functional groups attached to an aromatic ring is 1. The van der Waals surface area contributed by atoms with Crippen molar-refractivity contribution in [2.24, 2.45) is 0 Å². The van der Waals surface area contributed by atoms with Crippen LogP contribution >= 0.6 is 23.4 Å². The van der Waals surface area contributed by atoms with Gasteiger partial charge in [-0.2, -0.15) is 0 Å². The topological polar surface area (TPSA) is 51.8 Å². The minimum atomic E-state index is 0.419. The van der Waals surface area contributed by atoms with Crippen LogP contribution in [0.2, 0.25) is 5.15 Å². The highest BCUT2D eigenvalue weighted by Crippen LogP contribution is 2.28. The van der Waals surface area contributed by atoms with Gasteiger partial charge in [0.15, 0.2) is 5.16 Å². The summed E-state index contributed by atoms with van der Waals surface area (Å²) in [5.41, 5.74) is 7.81. The normalized spacial score (nSPS) is 11.0. The molecule has 0 fully saturated rings. The van der Waals surface area contributed by atoms with Crippen molar-refractivity contribution in [3.63, 3.8) is 0 Å². The molecule has 0 saturated carbocycles. The predicted octanol–water partition coefficient (Wildman–Crippen LogP) is 4.47. The molecule has 1 aromatic heterocycles. The van der Waals surface area contributed by atoms with Crippen LogP contribution < -0.4 is 5.73 Å². The zero-order chi connectivity index (χ0) is 14.8. The van der Waals surface area contributed by atoms with Gasteiger partial charge in [-0.1, -0.05) is 65.8 Å². The molecule has 0 saturated heterocycles.